The molecule has 0 bridgehead atoms. The van der Waals surface area contributed by atoms with Gasteiger partial charge in [-0.15, -0.1) is 0 Å². The van der Waals surface area contributed by atoms with Crippen molar-refractivity contribution in [1.29, 1.82) is 0 Å². The SMILES string of the molecule is Cc1cc(C)n(-c2cccc(C(=O)N3CCC[C@@H](Nc4ccc(F)cc4)C3)c2)n1. The predicted octanol–water partition coefficient (Wildman–Crippen LogP) is 4.34. The van der Waals surface area contributed by atoms with Gasteiger partial charge in [0.2, 0.25) is 0 Å². The minimum atomic E-state index is -0.251. The van der Waals surface area contributed by atoms with Crippen molar-refractivity contribution in [3.8, 4) is 5.69 Å². The number of hydrogen-bond acceptors (Lipinski definition) is 3. The van der Waals surface area contributed by atoms with Gasteiger partial charge >= 0.3 is 0 Å². The van der Waals surface area contributed by atoms with Crippen molar-refractivity contribution in [3.05, 3.63) is 77.4 Å². The van der Waals surface area contributed by atoms with Gasteiger partial charge in [0.1, 0.15) is 5.82 Å². The molecule has 1 aliphatic rings. The lowest BCUT2D eigenvalue weighted by Crippen LogP contribution is -2.45. The zero-order valence-electron chi connectivity index (χ0n) is 16.7. The van der Waals surface area contributed by atoms with E-state index in [1.54, 1.807) is 12.1 Å². The Morgan fingerprint density at radius 2 is 1.93 bits per heavy atom. The molecule has 4 rings (SSSR count). The number of nitrogens with one attached hydrogen (secondary N) is 1. The zero-order valence-corrected chi connectivity index (χ0v) is 16.7. The molecule has 1 atom stereocenters. The van der Waals surface area contributed by atoms with Gasteiger partial charge < -0.3 is 10.2 Å². The maximum Gasteiger partial charge on any atom is 0.254 e. The van der Waals surface area contributed by atoms with E-state index in [-0.39, 0.29) is 17.8 Å². The molecule has 3 aromatic rings. The van der Waals surface area contributed by atoms with E-state index in [1.807, 2.05) is 53.8 Å². The van der Waals surface area contributed by atoms with Crippen LogP contribution in [-0.4, -0.2) is 39.7 Å². The minimum Gasteiger partial charge on any atom is -0.381 e. The fourth-order valence-electron chi connectivity index (χ4n) is 3.90. The van der Waals surface area contributed by atoms with Crippen LogP contribution in [0.5, 0.6) is 0 Å². The van der Waals surface area contributed by atoms with Crippen LogP contribution < -0.4 is 5.32 Å². The van der Waals surface area contributed by atoms with Crippen LogP contribution in [0.4, 0.5) is 10.1 Å². The third-order valence-corrected chi connectivity index (χ3v) is 5.27. The number of amides is 1. The summed E-state index contributed by atoms with van der Waals surface area (Å²) in [5.41, 5.74) is 4.41. The highest BCUT2D eigenvalue weighted by atomic mass is 19.1. The number of rotatable bonds is 4. The van der Waals surface area contributed by atoms with Crippen LogP contribution in [0.15, 0.2) is 54.6 Å². The highest BCUT2D eigenvalue weighted by Gasteiger charge is 2.24. The second kappa shape index (κ2) is 8.07. The summed E-state index contributed by atoms with van der Waals surface area (Å²) in [5.74, 6) is -0.225. The number of likely N-dealkylation sites (tertiary alicyclic amines) is 1. The second-order valence-electron chi connectivity index (χ2n) is 7.63. The van der Waals surface area contributed by atoms with Gasteiger partial charge in [0.05, 0.1) is 11.4 Å². The number of carbonyl (C=O) groups is 1. The summed E-state index contributed by atoms with van der Waals surface area (Å²) in [6.07, 6.45) is 1.91. The van der Waals surface area contributed by atoms with Crippen molar-refractivity contribution in [2.24, 2.45) is 0 Å². The lowest BCUT2D eigenvalue weighted by atomic mass is 10.0. The largest absolute Gasteiger partial charge is 0.381 e. The Hall–Kier alpha value is -3.15. The molecule has 1 saturated heterocycles. The van der Waals surface area contributed by atoms with Gasteiger partial charge in [0.25, 0.3) is 5.91 Å². The number of aryl methyl sites for hydroxylation is 2. The first-order valence-electron chi connectivity index (χ1n) is 9.95. The Labute approximate surface area is 170 Å². The van der Waals surface area contributed by atoms with E-state index in [0.717, 1.165) is 42.1 Å². The average Bonchev–Trinajstić information content (AvgIpc) is 3.07. The molecule has 0 aliphatic carbocycles. The van der Waals surface area contributed by atoms with Gasteiger partial charge in [-0.1, -0.05) is 6.07 Å². The Balaban J connectivity index is 1.48. The van der Waals surface area contributed by atoms with Crippen LogP contribution in [0, 0.1) is 19.7 Å². The Bertz CT molecular complexity index is 1010. The lowest BCUT2D eigenvalue weighted by Gasteiger charge is -2.34. The fraction of sp³-hybridized carbons (Fsp3) is 0.304. The van der Waals surface area contributed by atoms with Crippen LogP contribution >= 0.6 is 0 Å². The number of piperidine rings is 1. The molecule has 1 aromatic heterocycles. The summed E-state index contributed by atoms with van der Waals surface area (Å²) < 4.78 is 15.0. The summed E-state index contributed by atoms with van der Waals surface area (Å²) >= 11 is 0. The Kier molecular flexibility index (Phi) is 5.34. The predicted molar refractivity (Wildman–Crippen MR) is 112 cm³/mol. The van der Waals surface area contributed by atoms with E-state index < -0.39 is 0 Å². The van der Waals surface area contributed by atoms with Gasteiger partial charge in [-0.05, 0) is 75.2 Å². The number of benzene rings is 2. The van der Waals surface area contributed by atoms with Gasteiger partial charge in [-0.3, -0.25) is 4.79 Å². The van der Waals surface area contributed by atoms with Crippen molar-refractivity contribution < 1.29 is 9.18 Å². The molecule has 0 saturated carbocycles. The van der Waals surface area contributed by atoms with Crippen LogP contribution in [0.1, 0.15) is 34.6 Å². The quantitative estimate of drug-likeness (QED) is 0.718. The number of carbonyl (C=O) groups excluding carboxylic acids is 1. The summed E-state index contributed by atoms with van der Waals surface area (Å²) in [5, 5.41) is 7.93. The van der Waals surface area contributed by atoms with Crippen LogP contribution in [-0.2, 0) is 0 Å². The standard InChI is InChI=1S/C23H25FN4O/c1-16-13-17(2)28(26-16)22-7-3-5-18(14-22)23(29)27-12-4-6-21(15-27)25-20-10-8-19(24)9-11-20/h3,5,7-11,13-14,21,25H,4,6,12,15H2,1-2H3/t21-/m1/s1. The molecule has 150 valence electrons. The van der Waals surface area contributed by atoms with Gasteiger partial charge in [0, 0.05) is 36.1 Å². The smallest absolute Gasteiger partial charge is 0.254 e. The van der Waals surface area contributed by atoms with Crippen molar-refractivity contribution in [3.63, 3.8) is 0 Å². The molecule has 1 aliphatic heterocycles. The van der Waals surface area contributed by atoms with E-state index in [2.05, 4.69) is 10.4 Å². The average molecular weight is 392 g/mol. The molecule has 2 aromatic carbocycles. The maximum absolute atomic E-state index is 13.1. The molecular weight excluding hydrogens is 367 g/mol. The third kappa shape index (κ3) is 4.31. The Morgan fingerprint density at radius 3 is 2.66 bits per heavy atom. The van der Waals surface area contributed by atoms with Crippen LogP contribution in [0.2, 0.25) is 0 Å². The molecule has 0 spiro atoms. The maximum atomic E-state index is 13.1. The molecule has 1 amide bonds. The van der Waals surface area contributed by atoms with Gasteiger partial charge in [-0.2, -0.15) is 5.10 Å². The zero-order chi connectivity index (χ0) is 20.4. The Morgan fingerprint density at radius 1 is 1.14 bits per heavy atom. The number of aromatic nitrogens is 2. The molecule has 0 unspecified atom stereocenters. The molecule has 1 fully saturated rings. The fourth-order valence-corrected chi connectivity index (χ4v) is 3.90. The van der Waals surface area contributed by atoms with E-state index in [4.69, 9.17) is 0 Å². The van der Waals surface area contributed by atoms with Crippen LogP contribution in [0.25, 0.3) is 5.69 Å². The van der Waals surface area contributed by atoms with Crippen LogP contribution in [0.3, 0.4) is 0 Å². The molecule has 6 heteroatoms. The number of hydrogen-bond donors (Lipinski definition) is 1. The van der Waals surface area contributed by atoms with E-state index >= 15 is 0 Å². The molecule has 0 radical (unpaired) electrons. The molecule has 29 heavy (non-hydrogen) atoms. The highest BCUT2D eigenvalue weighted by molar-refractivity contribution is 5.94. The minimum absolute atomic E-state index is 0.0268. The molecular formula is C23H25FN4O. The second-order valence-corrected chi connectivity index (χ2v) is 7.63. The summed E-state index contributed by atoms with van der Waals surface area (Å²) in [6.45, 7) is 5.33. The number of anilines is 1. The molecule has 1 N–H and O–H groups in total. The van der Waals surface area contributed by atoms with Crippen molar-refractivity contribution in [2.45, 2.75) is 32.7 Å². The van der Waals surface area contributed by atoms with E-state index in [9.17, 15) is 9.18 Å². The summed E-state index contributed by atoms with van der Waals surface area (Å²) in [4.78, 5) is 15.0. The topological polar surface area (TPSA) is 50.2 Å². The number of halogens is 1. The first-order valence-corrected chi connectivity index (χ1v) is 9.95. The van der Waals surface area contributed by atoms with E-state index in [1.165, 1.54) is 12.1 Å². The summed E-state index contributed by atoms with van der Waals surface area (Å²) in [7, 11) is 0. The molecule has 2 heterocycles. The van der Waals surface area contributed by atoms with Gasteiger partial charge in [0.15, 0.2) is 0 Å². The summed E-state index contributed by atoms with van der Waals surface area (Å²) in [6, 6.07) is 16.1. The number of nitrogens with zero attached hydrogens (tertiary/aromatic N) is 3. The van der Waals surface area contributed by atoms with Crippen molar-refractivity contribution in [1.82, 2.24) is 14.7 Å². The monoisotopic (exact) mass is 392 g/mol. The first kappa shape index (κ1) is 19.2. The van der Waals surface area contributed by atoms with Crippen molar-refractivity contribution in [2.75, 3.05) is 18.4 Å². The third-order valence-electron chi connectivity index (χ3n) is 5.27. The lowest BCUT2D eigenvalue weighted by molar-refractivity contribution is 0.0715. The normalized spacial score (nSPS) is 16.7. The van der Waals surface area contributed by atoms with Gasteiger partial charge in [-0.25, -0.2) is 9.07 Å². The van der Waals surface area contributed by atoms with Crippen molar-refractivity contribution >= 4 is 11.6 Å². The molecule has 5 nitrogen and oxygen atoms in total. The van der Waals surface area contributed by atoms with E-state index in [0.29, 0.717) is 12.1 Å². The highest BCUT2D eigenvalue weighted by Crippen LogP contribution is 2.20. The first-order chi connectivity index (χ1) is 14.0.